The molecule has 27 heteroatoms. The van der Waals surface area contributed by atoms with E-state index in [1.807, 2.05) is 91.0 Å². The van der Waals surface area contributed by atoms with Crippen LogP contribution in [0.4, 0.5) is 20.1 Å². The fraction of sp³-hybridized carbons (Fsp3) is 0.573. The van der Waals surface area contributed by atoms with E-state index in [0.717, 1.165) is 106 Å². The third kappa shape index (κ3) is 31.3. The fourth-order valence-electron chi connectivity index (χ4n) is 17.9. The number of esters is 2. The average Bonchev–Trinajstić information content (AvgIpc) is 0.739. The third-order valence-electron chi connectivity index (χ3n) is 24.3. The number of methoxy groups -OCH3 is 3. The summed E-state index contributed by atoms with van der Waals surface area (Å²) >= 11 is 0. The number of alkyl carbamates (subject to hydrolysis) is 2. The number of non-ortho nitro benzene ring substituents is 1. The van der Waals surface area contributed by atoms with Crippen LogP contribution in [0.3, 0.4) is 0 Å². The molecule has 674 valence electrons. The van der Waals surface area contributed by atoms with Gasteiger partial charge in [-0.2, -0.15) is 0 Å². The van der Waals surface area contributed by atoms with Gasteiger partial charge in [-0.25, -0.2) is 14.4 Å². The van der Waals surface area contributed by atoms with E-state index < -0.39 is 17.2 Å². The minimum absolute atomic E-state index is 0.0414. The number of amides is 2. The molecule has 2 amide bonds. The van der Waals surface area contributed by atoms with Crippen molar-refractivity contribution in [3.05, 3.63) is 194 Å². The number of hydrogen-bond donors (Lipinski definition) is 4. The first-order chi connectivity index (χ1) is 59.8. The van der Waals surface area contributed by atoms with Crippen molar-refractivity contribution in [1.29, 1.82) is 0 Å². The van der Waals surface area contributed by atoms with Crippen LogP contribution in [-0.2, 0) is 110 Å². The monoisotopic (exact) mass is 1710 g/mol. The number of nitro groups is 1. The summed E-state index contributed by atoms with van der Waals surface area (Å²) in [4.78, 5) is 73.7. The molecule has 6 aromatic carbocycles. The van der Waals surface area contributed by atoms with E-state index >= 15 is 0 Å². The van der Waals surface area contributed by atoms with E-state index in [4.69, 9.17) is 82.5 Å². The highest BCUT2D eigenvalue weighted by Gasteiger charge is 2.49. The van der Waals surface area contributed by atoms with Gasteiger partial charge in [0.25, 0.3) is 5.69 Å². The number of nitrogens with two attached hydrogens (primary N) is 2. The van der Waals surface area contributed by atoms with Gasteiger partial charge in [0.1, 0.15) is 36.2 Å². The van der Waals surface area contributed by atoms with Crippen LogP contribution in [0.1, 0.15) is 187 Å². The lowest BCUT2D eigenvalue weighted by atomic mass is 9.59. The summed E-state index contributed by atoms with van der Waals surface area (Å²) in [7, 11) is 4.93. The Hall–Kier alpha value is -8.97. The van der Waals surface area contributed by atoms with Crippen LogP contribution in [0.25, 0.3) is 0 Å². The maximum atomic E-state index is 13.0. The summed E-state index contributed by atoms with van der Waals surface area (Å²) < 4.78 is 79.9. The van der Waals surface area contributed by atoms with Crippen LogP contribution >= 0.6 is 0 Å². The van der Waals surface area contributed by atoms with Gasteiger partial charge in [0.2, 0.25) is 0 Å². The first-order valence-electron chi connectivity index (χ1n) is 44.1. The van der Waals surface area contributed by atoms with E-state index in [9.17, 15) is 34.1 Å². The number of carbonyl (C=O) groups is 5. The number of benzene rings is 6. The Labute approximate surface area is 726 Å². The van der Waals surface area contributed by atoms with Crippen molar-refractivity contribution in [2.45, 2.75) is 210 Å². The Bertz CT molecular complexity index is 4150. The highest BCUT2D eigenvalue weighted by Crippen LogP contribution is 2.51. The summed E-state index contributed by atoms with van der Waals surface area (Å²) in [6, 6.07) is 42.3. The third-order valence-corrected chi connectivity index (χ3v) is 24.3. The van der Waals surface area contributed by atoms with E-state index in [-0.39, 0.29) is 89.4 Å². The van der Waals surface area contributed by atoms with Crippen molar-refractivity contribution in [2.24, 2.45) is 29.2 Å². The molecule has 6 bridgehead atoms. The molecule has 3 fully saturated rings. The lowest BCUT2D eigenvalue weighted by Crippen LogP contribution is -2.57. The largest absolute Gasteiger partial charge is 0.519 e. The Morgan fingerprint density at radius 3 is 1.17 bits per heavy atom. The highest BCUT2D eigenvalue weighted by molar-refractivity contribution is 5.74. The number of nitrogens with one attached hydrogen (secondary N) is 2. The number of ether oxygens (including phenoxy) is 15. The van der Waals surface area contributed by atoms with Gasteiger partial charge in [-0.1, -0.05) is 157 Å². The normalized spacial score (nSPS) is 21.6. The maximum absolute atomic E-state index is 13.0. The SMILES string of the molecule is COCCOCCOCCCC(=O)Oc1ccc2c(c1)[C@@]1(C)CCCCC[C@@H](C2)[C@@H]1N.COCCOCCOCCCC(=O)Oc1ccc2c(c1)[C@@]1(C)CCCCC[C@@H](C2)[C@@H]1NC(=O)OCc1ccccc1.COCCOCCOCCN.C[C@@]12CCCCC[C@@H](Cc3ccc(OC(=O)Oc4ccc([N+](=O)[O-])cc4)cc31)[C@@H]2NC(=O)OCc1ccccc1. The van der Waals surface area contributed by atoms with Gasteiger partial charge in [0.15, 0.2) is 0 Å². The Morgan fingerprint density at radius 2 is 0.764 bits per heavy atom. The van der Waals surface area contributed by atoms with Crippen molar-refractivity contribution in [2.75, 3.05) is 127 Å². The molecule has 6 N–H and O–H groups in total. The molecule has 12 rings (SSSR count). The predicted molar refractivity (Wildman–Crippen MR) is 466 cm³/mol. The molecule has 0 spiro atoms. The molecule has 0 aliphatic heterocycles. The van der Waals surface area contributed by atoms with Crippen LogP contribution in [0.15, 0.2) is 140 Å². The maximum Gasteiger partial charge on any atom is 0.519 e. The zero-order valence-corrected chi connectivity index (χ0v) is 73.1. The summed E-state index contributed by atoms with van der Waals surface area (Å²) in [5, 5.41) is 17.3. The van der Waals surface area contributed by atoms with Gasteiger partial charge < -0.3 is 93.2 Å². The Morgan fingerprint density at radius 1 is 0.415 bits per heavy atom. The number of nitrogens with zero attached hydrogens (tertiary/aromatic N) is 1. The second-order valence-corrected chi connectivity index (χ2v) is 33.1. The molecular formula is C96H133N5O22. The number of fused-ring (bicyclic) bond motifs is 12. The fourth-order valence-corrected chi connectivity index (χ4v) is 17.9. The molecule has 27 nitrogen and oxygen atoms in total. The molecule has 9 atom stereocenters. The average molecular weight is 1710 g/mol. The quantitative estimate of drug-likeness (QED) is 0.00695. The second kappa shape index (κ2) is 52.7. The van der Waals surface area contributed by atoms with E-state index in [0.29, 0.717) is 154 Å². The summed E-state index contributed by atoms with van der Waals surface area (Å²) in [6.45, 7) is 16.1. The lowest BCUT2D eigenvalue weighted by Gasteiger charge is -2.49. The van der Waals surface area contributed by atoms with E-state index in [1.54, 1.807) is 27.4 Å². The molecule has 0 aromatic heterocycles. The molecular weight excluding hydrogens is 1580 g/mol. The zero-order chi connectivity index (χ0) is 87.5. The van der Waals surface area contributed by atoms with Crippen LogP contribution in [0, 0.1) is 27.9 Å². The minimum Gasteiger partial charge on any atom is -0.445 e. The predicted octanol–water partition coefficient (Wildman–Crippen LogP) is 16.0. The number of rotatable bonds is 39. The molecule has 0 heterocycles. The number of hydrogen-bond acceptors (Lipinski definition) is 24. The van der Waals surface area contributed by atoms with E-state index in [2.05, 4.69) is 49.6 Å². The van der Waals surface area contributed by atoms with Gasteiger partial charge in [-0.05, 0) is 181 Å². The van der Waals surface area contributed by atoms with Gasteiger partial charge in [0, 0.05) is 100 Å². The topological polar surface area (TPSA) is 343 Å². The van der Waals surface area contributed by atoms with Gasteiger partial charge in [-0.3, -0.25) is 19.7 Å². The second-order valence-electron chi connectivity index (χ2n) is 33.1. The van der Waals surface area contributed by atoms with Crippen LogP contribution in [0.2, 0.25) is 0 Å². The number of carbonyl (C=O) groups excluding carboxylic acids is 5. The molecule has 123 heavy (non-hydrogen) atoms. The first kappa shape index (κ1) is 97.8. The van der Waals surface area contributed by atoms with Crippen molar-refractivity contribution < 1.29 is 99.9 Å². The molecule has 0 radical (unpaired) electrons. The van der Waals surface area contributed by atoms with Crippen molar-refractivity contribution in [3.63, 3.8) is 0 Å². The van der Waals surface area contributed by atoms with Gasteiger partial charge in [0.05, 0.1) is 90.8 Å². The molecule has 6 aliphatic rings. The van der Waals surface area contributed by atoms with Crippen molar-refractivity contribution in [1.82, 2.24) is 10.6 Å². The Balaban J connectivity index is 0.000000198. The summed E-state index contributed by atoms with van der Waals surface area (Å²) in [6.07, 6.45) is 19.5. The highest BCUT2D eigenvalue weighted by atomic mass is 16.7. The summed E-state index contributed by atoms with van der Waals surface area (Å²) in [5.41, 5.74) is 20.3. The first-order valence-corrected chi connectivity index (χ1v) is 44.1. The number of nitro benzene ring substituents is 1. The zero-order valence-electron chi connectivity index (χ0n) is 73.1. The van der Waals surface area contributed by atoms with Crippen LogP contribution in [0.5, 0.6) is 23.0 Å². The smallest absolute Gasteiger partial charge is 0.445 e. The molecule has 3 saturated carbocycles. The Kier molecular flexibility index (Phi) is 41.9. The molecule has 0 saturated heterocycles. The van der Waals surface area contributed by atoms with Gasteiger partial charge in [-0.15, -0.1) is 0 Å². The molecule has 6 aromatic rings. The van der Waals surface area contributed by atoms with Crippen LogP contribution in [-0.4, -0.2) is 180 Å². The lowest BCUT2D eigenvalue weighted by molar-refractivity contribution is -0.384. The molecule has 0 unspecified atom stereocenters. The van der Waals surface area contributed by atoms with Crippen molar-refractivity contribution >= 4 is 36.0 Å². The molecule has 6 aliphatic carbocycles. The summed E-state index contributed by atoms with van der Waals surface area (Å²) in [5.74, 6) is 2.30. The van der Waals surface area contributed by atoms with Gasteiger partial charge >= 0.3 is 30.3 Å². The standard InChI is InChI=1S/C33H45NO7.C31H32N2O7.C25H39NO5.C7H17NO3/c1-33-16-8-4-7-12-27(31(33)34-32(36)40-24-25-10-5-3-6-11-25)22-26-14-15-28(23-29(26)33)41-30(35)13-9-17-38-20-21-39-19-18-37-2;1-31-17-7-3-6-10-23(28(31)32-29(34)38-20-21-8-4-2-5-9-21)18-22-11-14-26(19-27(22)31)40-30(35)39-25-15-12-24(13-16-25)33(36)37;1-25-11-5-3-4-7-20(24(25)26)17-19-9-10-21(18-22(19)25)31-23(27)8-6-12-29-15-16-30-14-13-28-2;1-9-4-5-11-7-6-10-3-2-8/h3,5-6,10-11,14-15,23,27,31H,4,7-9,12-13,16-22,24H2,1-2H3,(H,34,36);2,4-5,8-9,11-16,19,23,28H,3,6-7,10,17-18,20H2,1H3,(H,32,34);9-10,18,20,24H,3-8,11-17,26H2,1-2H3;2-8H2,1H3/t27-,31-,33+;23-,28-,31+;20-,24-,25+;/m000./s1. The van der Waals surface area contributed by atoms with Crippen molar-refractivity contribution in [3.8, 4) is 23.0 Å². The van der Waals surface area contributed by atoms with E-state index in [1.165, 1.54) is 78.6 Å². The minimum atomic E-state index is -0.940. The van der Waals surface area contributed by atoms with Crippen LogP contribution < -0.4 is 41.0 Å².